The minimum Gasteiger partial charge on any atom is -0.467 e. The molecule has 3 aromatic rings. The number of hydrogen-bond acceptors (Lipinski definition) is 4. The van der Waals surface area contributed by atoms with E-state index < -0.39 is 5.72 Å². The molecule has 0 radical (unpaired) electrons. The van der Waals surface area contributed by atoms with Crippen LogP contribution < -0.4 is 10.1 Å². The van der Waals surface area contributed by atoms with Crippen LogP contribution in [0.4, 0.5) is 0 Å². The van der Waals surface area contributed by atoms with Gasteiger partial charge in [-0.1, -0.05) is 15.9 Å². The molecule has 2 N–H and O–H groups in total. The van der Waals surface area contributed by atoms with E-state index in [0.29, 0.717) is 42.8 Å². The van der Waals surface area contributed by atoms with Gasteiger partial charge in [-0.2, -0.15) is 5.10 Å². The van der Waals surface area contributed by atoms with Crippen molar-refractivity contribution in [1.82, 2.24) is 20.4 Å². The molecule has 2 aromatic carbocycles. The molecule has 2 aliphatic rings. The molecule has 0 bridgehead atoms. The van der Waals surface area contributed by atoms with E-state index in [1.807, 2.05) is 18.2 Å². The van der Waals surface area contributed by atoms with E-state index in [9.17, 15) is 9.59 Å². The highest BCUT2D eigenvalue weighted by Crippen LogP contribution is 2.35. The maximum absolute atomic E-state index is 12.9. The summed E-state index contributed by atoms with van der Waals surface area (Å²) in [5.74, 6) is 0.411. The SMILES string of the molecule is O=C1NC2(CCN(C(=O)c3ccc4[nH]ncc4c3)CC2)Oc2ccc(Br)cc21. The van der Waals surface area contributed by atoms with Crippen LogP contribution in [0.2, 0.25) is 0 Å². The van der Waals surface area contributed by atoms with Gasteiger partial charge < -0.3 is 15.0 Å². The second-order valence-electron chi connectivity index (χ2n) is 7.16. The molecule has 2 amide bonds. The Balaban J connectivity index is 1.32. The topological polar surface area (TPSA) is 87.3 Å². The molecule has 1 fully saturated rings. The van der Waals surface area contributed by atoms with Gasteiger partial charge in [0.25, 0.3) is 11.8 Å². The van der Waals surface area contributed by atoms with Crippen LogP contribution in [0.5, 0.6) is 5.75 Å². The maximum Gasteiger partial charge on any atom is 0.258 e. The predicted octanol–water partition coefficient (Wildman–Crippen LogP) is 3.08. The zero-order valence-electron chi connectivity index (χ0n) is 14.9. The quantitative estimate of drug-likeness (QED) is 0.608. The number of nitrogens with one attached hydrogen (secondary N) is 2. The van der Waals surface area contributed by atoms with Crippen molar-refractivity contribution < 1.29 is 14.3 Å². The van der Waals surface area contributed by atoms with Gasteiger partial charge in [-0.3, -0.25) is 14.7 Å². The van der Waals surface area contributed by atoms with Crippen LogP contribution in [0.25, 0.3) is 10.9 Å². The van der Waals surface area contributed by atoms with Gasteiger partial charge in [0.1, 0.15) is 5.75 Å². The highest BCUT2D eigenvalue weighted by atomic mass is 79.9. The molecule has 1 saturated heterocycles. The van der Waals surface area contributed by atoms with Gasteiger partial charge in [-0.05, 0) is 36.4 Å². The number of ether oxygens (including phenoxy) is 1. The number of nitrogens with zero attached hydrogens (tertiary/aromatic N) is 2. The summed E-state index contributed by atoms with van der Waals surface area (Å²) in [5, 5.41) is 10.8. The van der Waals surface area contributed by atoms with Crippen molar-refractivity contribution in [3.8, 4) is 5.75 Å². The van der Waals surface area contributed by atoms with Gasteiger partial charge in [-0.25, -0.2) is 0 Å². The number of piperidine rings is 1. The van der Waals surface area contributed by atoms with Crippen molar-refractivity contribution in [3.63, 3.8) is 0 Å². The lowest BCUT2D eigenvalue weighted by Crippen LogP contribution is -2.61. The molecular formula is C20H17BrN4O3. The van der Waals surface area contributed by atoms with Gasteiger partial charge in [0, 0.05) is 41.4 Å². The number of H-pyrrole nitrogens is 1. The fraction of sp³-hybridized carbons (Fsp3) is 0.250. The van der Waals surface area contributed by atoms with Crippen LogP contribution in [0.15, 0.2) is 47.1 Å². The Morgan fingerprint density at radius 2 is 2.00 bits per heavy atom. The third-order valence-corrected chi connectivity index (χ3v) is 5.87. The molecular weight excluding hydrogens is 424 g/mol. The van der Waals surface area contributed by atoms with E-state index in [2.05, 4.69) is 31.4 Å². The molecule has 3 heterocycles. The highest BCUT2D eigenvalue weighted by molar-refractivity contribution is 9.10. The molecule has 0 unspecified atom stereocenters. The minimum atomic E-state index is -0.761. The second kappa shape index (κ2) is 6.34. The number of rotatable bonds is 1. The van der Waals surface area contributed by atoms with Gasteiger partial charge in [0.05, 0.1) is 17.3 Å². The molecule has 28 heavy (non-hydrogen) atoms. The first-order valence-corrected chi connectivity index (χ1v) is 9.86. The maximum atomic E-state index is 12.9. The van der Waals surface area contributed by atoms with Gasteiger partial charge in [0.15, 0.2) is 5.72 Å². The summed E-state index contributed by atoms with van der Waals surface area (Å²) < 4.78 is 6.99. The number of aromatic amines is 1. The van der Waals surface area contributed by atoms with E-state index in [0.717, 1.165) is 15.4 Å². The van der Waals surface area contributed by atoms with Crippen molar-refractivity contribution in [2.45, 2.75) is 18.6 Å². The summed E-state index contributed by atoms with van der Waals surface area (Å²) in [5.41, 5.74) is 1.29. The molecule has 7 nitrogen and oxygen atoms in total. The zero-order chi connectivity index (χ0) is 19.3. The summed E-state index contributed by atoms with van der Waals surface area (Å²) in [6.45, 7) is 1.02. The summed E-state index contributed by atoms with van der Waals surface area (Å²) in [6.07, 6.45) is 2.78. The van der Waals surface area contributed by atoms with Crippen LogP contribution in [-0.2, 0) is 0 Å². The fourth-order valence-corrected chi connectivity index (χ4v) is 4.20. The third kappa shape index (κ3) is 2.84. The van der Waals surface area contributed by atoms with E-state index in [1.165, 1.54) is 0 Å². The number of fused-ring (bicyclic) bond motifs is 2. The van der Waals surface area contributed by atoms with Crippen molar-refractivity contribution in [2.75, 3.05) is 13.1 Å². The molecule has 0 atom stereocenters. The molecule has 8 heteroatoms. The summed E-state index contributed by atoms with van der Waals surface area (Å²) in [7, 11) is 0. The second-order valence-corrected chi connectivity index (χ2v) is 8.07. The van der Waals surface area contributed by atoms with Crippen LogP contribution >= 0.6 is 15.9 Å². The summed E-state index contributed by atoms with van der Waals surface area (Å²) in [6, 6.07) is 10.9. The first-order valence-electron chi connectivity index (χ1n) is 9.07. The van der Waals surface area contributed by atoms with Gasteiger partial charge >= 0.3 is 0 Å². The molecule has 1 aromatic heterocycles. The molecule has 0 aliphatic carbocycles. The molecule has 142 valence electrons. The smallest absolute Gasteiger partial charge is 0.258 e. The average Bonchev–Trinajstić information content (AvgIpc) is 3.17. The molecule has 2 aliphatic heterocycles. The Bertz CT molecular complexity index is 1100. The Morgan fingerprint density at radius 1 is 1.18 bits per heavy atom. The van der Waals surface area contributed by atoms with Crippen molar-refractivity contribution in [1.29, 1.82) is 0 Å². The van der Waals surface area contributed by atoms with E-state index in [4.69, 9.17) is 4.74 Å². The Kier molecular flexibility index (Phi) is 3.90. The lowest BCUT2D eigenvalue weighted by atomic mass is 9.96. The number of halogens is 1. The van der Waals surface area contributed by atoms with Gasteiger partial charge in [0.2, 0.25) is 0 Å². The Labute approximate surface area is 169 Å². The third-order valence-electron chi connectivity index (χ3n) is 5.38. The number of hydrogen-bond donors (Lipinski definition) is 2. The highest BCUT2D eigenvalue weighted by Gasteiger charge is 2.43. The lowest BCUT2D eigenvalue weighted by molar-refractivity contribution is -0.0245. The van der Waals surface area contributed by atoms with Crippen molar-refractivity contribution in [3.05, 3.63) is 58.2 Å². The molecule has 5 rings (SSSR count). The Morgan fingerprint density at radius 3 is 2.82 bits per heavy atom. The average molecular weight is 441 g/mol. The number of benzene rings is 2. The number of likely N-dealkylation sites (tertiary alicyclic amines) is 1. The standard InChI is InChI=1S/C20H17BrN4O3/c21-14-2-4-17-15(10-14)18(26)23-20(28-17)5-7-25(8-6-20)19(27)12-1-3-16-13(9-12)11-22-24-16/h1-4,9-11H,5-8H2,(H,22,24)(H,23,26). The number of aromatic nitrogens is 2. The first kappa shape index (κ1) is 17.2. The van der Waals surface area contributed by atoms with Crippen LogP contribution in [0.3, 0.4) is 0 Å². The van der Waals surface area contributed by atoms with Gasteiger partial charge in [-0.15, -0.1) is 0 Å². The summed E-state index contributed by atoms with van der Waals surface area (Å²) in [4.78, 5) is 27.2. The van der Waals surface area contributed by atoms with E-state index >= 15 is 0 Å². The number of carbonyl (C=O) groups excluding carboxylic acids is 2. The molecule has 0 saturated carbocycles. The van der Waals surface area contributed by atoms with E-state index in [-0.39, 0.29) is 11.8 Å². The number of carbonyl (C=O) groups is 2. The number of amides is 2. The predicted molar refractivity (Wildman–Crippen MR) is 106 cm³/mol. The van der Waals surface area contributed by atoms with E-state index in [1.54, 1.807) is 29.3 Å². The summed E-state index contributed by atoms with van der Waals surface area (Å²) >= 11 is 3.38. The monoisotopic (exact) mass is 440 g/mol. The first-order chi connectivity index (χ1) is 13.5. The van der Waals surface area contributed by atoms with Crippen LogP contribution in [0, 0.1) is 0 Å². The molecule has 1 spiro atoms. The fourth-order valence-electron chi connectivity index (χ4n) is 3.84. The van der Waals surface area contributed by atoms with Crippen LogP contribution in [0.1, 0.15) is 33.6 Å². The lowest BCUT2D eigenvalue weighted by Gasteiger charge is -2.44. The zero-order valence-corrected chi connectivity index (χ0v) is 16.5. The normalized spacial score (nSPS) is 17.9. The largest absolute Gasteiger partial charge is 0.467 e. The Hall–Kier alpha value is -2.87. The van der Waals surface area contributed by atoms with Crippen molar-refractivity contribution in [2.24, 2.45) is 0 Å². The minimum absolute atomic E-state index is 0.0237. The van der Waals surface area contributed by atoms with Crippen LogP contribution in [-0.4, -0.2) is 45.7 Å². The van der Waals surface area contributed by atoms with Crippen molar-refractivity contribution >= 4 is 38.6 Å².